The molecule has 0 spiro atoms. The van der Waals surface area contributed by atoms with Crippen molar-refractivity contribution < 1.29 is 0 Å². The molecular weight excluding hydrogens is 260 g/mol. The standard InChI is InChI=1S/C17H16N4/c18-7-15(8-19)14(11-1-2-11)17(12-3-4-12,13-5-6-13)16(15,9-20)10-21/h11-14H,1-6H2. The van der Waals surface area contributed by atoms with Crippen LogP contribution in [0.15, 0.2) is 0 Å². The third-order valence-corrected chi connectivity index (χ3v) is 6.51. The lowest BCUT2D eigenvalue weighted by molar-refractivity contribution is -0.197. The first-order valence-corrected chi connectivity index (χ1v) is 7.83. The molecule has 4 saturated carbocycles. The van der Waals surface area contributed by atoms with Gasteiger partial charge in [-0.1, -0.05) is 0 Å². The summed E-state index contributed by atoms with van der Waals surface area (Å²) in [5.41, 5.74) is -3.20. The van der Waals surface area contributed by atoms with E-state index in [0.717, 1.165) is 38.5 Å². The van der Waals surface area contributed by atoms with Crippen LogP contribution in [0.1, 0.15) is 38.5 Å². The van der Waals surface area contributed by atoms with Crippen molar-refractivity contribution in [2.75, 3.05) is 0 Å². The summed E-state index contributed by atoms with van der Waals surface area (Å²) in [4.78, 5) is 0. The summed E-state index contributed by atoms with van der Waals surface area (Å²) in [6.45, 7) is 0. The van der Waals surface area contributed by atoms with Gasteiger partial charge in [-0.05, 0) is 56.3 Å². The minimum absolute atomic E-state index is 0.0562. The summed E-state index contributed by atoms with van der Waals surface area (Å²) in [6.07, 6.45) is 6.30. The second-order valence-corrected chi connectivity index (χ2v) is 7.30. The zero-order chi connectivity index (χ0) is 14.9. The molecule has 1 atom stereocenters. The van der Waals surface area contributed by atoms with Crippen molar-refractivity contribution in [3.63, 3.8) is 0 Å². The molecule has 0 heterocycles. The molecule has 0 N–H and O–H groups in total. The van der Waals surface area contributed by atoms with Crippen LogP contribution in [0.5, 0.6) is 0 Å². The Morgan fingerprint density at radius 1 is 0.667 bits per heavy atom. The van der Waals surface area contributed by atoms with E-state index < -0.39 is 10.8 Å². The lowest BCUT2D eigenvalue weighted by atomic mass is 9.28. The molecule has 0 amide bonds. The number of rotatable bonds is 3. The summed E-state index contributed by atoms with van der Waals surface area (Å²) < 4.78 is 0. The molecule has 0 aromatic heterocycles. The van der Waals surface area contributed by atoms with Crippen LogP contribution < -0.4 is 0 Å². The van der Waals surface area contributed by atoms with Gasteiger partial charge in [0, 0.05) is 11.3 Å². The summed E-state index contributed by atoms with van der Waals surface area (Å²) in [6, 6.07) is 8.68. The summed E-state index contributed by atoms with van der Waals surface area (Å²) in [5, 5.41) is 39.2. The monoisotopic (exact) mass is 276 g/mol. The van der Waals surface area contributed by atoms with Crippen molar-refractivity contribution in [3.8, 4) is 24.3 Å². The van der Waals surface area contributed by atoms with E-state index >= 15 is 0 Å². The zero-order valence-electron chi connectivity index (χ0n) is 11.8. The third kappa shape index (κ3) is 1.08. The largest absolute Gasteiger partial charge is 0.196 e. The Morgan fingerprint density at radius 2 is 1.14 bits per heavy atom. The van der Waals surface area contributed by atoms with E-state index in [4.69, 9.17) is 0 Å². The van der Waals surface area contributed by atoms with Gasteiger partial charge in [-0.25, -0.2) is 0 Å². The van der Waals surface area contributed by atoms with E-state index in [0.29, 0.717) is 17.8 Å². The Labute approximate surface area is 124 Å². The van der Waals surface area contributed by atoms with Crippen molar-refractivity contribution in [2.24, 2.45) is 39.9 Å². The Bertz CT molecular complexity index is 628. The highest BCUT2D eigenvalue weighted by Crippen LogP contribution is 2.85. The summed E-state index contributed by atoms with van der Waals surface area (Å²) >= 11 is 0. The maximum absolute atomic E-state index is 9.87. The first kappa shape index (κ1) is 12.7. The molecule has 4 aliphatic carbocycles. The van der Waals surface area contributed by atoms with Crippen LogP contribution in [0.4, 0.5) is 0 Å². The van der Waals surface area contributed by atoms with Gasteiger partial charge in [-0.3, -0.25) is 0 Å². The molecule has 0 saturated heterocycles. The fraction of sp³-hybridized carbons (Fsp3) is 0.765. The van der Waals surface area contributed by atoms with Crippen molar-refractivity contribution >= 4 is 0 Å². The van der Waals surface area contributed by atoms with Crippen molar-refractivity contribution in [2.45, 2.75) is 38.5 Å². The third-order valence-electron chi connectivity index (χ3n) is 6.51. The predicted octanol–water partition coefficient (Wildman–Crippen LogP) is 2.90. The number of hydrogen-bond acceptors (Lipinski definition) is 4. The number of hydrogen-bond donors (Lipinski definition) is 0. The topological polar surface area (TPSA) is 95.2 Å². The highest BCUT2D eigenvalue weighted by atomic mass is 14.9. The van der Waals surface area contributed by atoms with Gasteiger partial charge >= 0.3 is 0 Å². The molecule has 4 aliphatic rings. The van der Waals surface area contributed by atoms with Crippen molar-refractivity contribution in [1.29, 1.82) is 21.0 Å². The van der Waals surface area contributed by atoms with Gasteiger partial charge in [0.25, 0.3) is 0 Å². The second-order valence-electron chi connectivity index (χ2n) is 7.30. The van der Waals surface area contributed by atoms with Crippen LogP contribution >= 0.6 is 0 Å². The van der Waals surface area contributed by atoms with Crippen molar-refractivity contribution in [3.05, 3.63) is 0 Å². The smallest absolute Gasteiger partial charge is 0.182 e. The summed E-state index contributed by atoms with van der Waals surface area (Å²) in [5.74, 6) is 1.08. The van der Waals surface area contributed by atoms with Crippen LogP contribution in [0.25, 0.3) is 0 Å². The average Bonchev–Trinajstić information content (AvgIpc) is 3.33. The molecular formula is C17H16N4. The minimum atomic E-state index is -1.42. The van der Waals surface area contributed by atoms with E-state index in [2.05, 4.69) is 24.3 Å². The molecule has 0 bridgehead atoms. The average molecular weight is 276 g/mol. The Hall–Kier alpha value is -2.04. The van der Waals surface area contributed by atoms with Crippen LogP contribution in [0, 0.1) is 85.2 Å². The second kappa shape index (κ2) is 3.59. The molecule has 104 valence electrons. The van der Waals surface area contributed by atoms with E-state index in [1.54, 1.807) is 0 Å². The molecule has 4 fully saturated rings. The minimum Gasteiger partial charge on any atom is -0.196 e. The molecule has 4 rings (SSSR count). The lowest BCUT2D eigenvalue weighted by Gasteiger charge is -2.66. The van der Waals surface area contributed by atoms with Gasteiger partial charge in [0.15, 0.2) is 10.8 Å². The van der Waals surface area contributed by atoms with Gasteiger partial charge in [-0.15, -0.1) is 0 Å². The van der Waals surface area contributed by atoms with Gasteiger partial charge in [-0.2, -0.15) is 21.0 Å². The van der Waals surface area contributed by atoms with Gasteiger partial charge < -0.3 is 0 Å². The molecule has 4 heteroatoms. The van der Waals surface area contributed by atoms with Gasteiger partial charge in [0.1, 0.15) is 0 Å². The SMILES string of the molecule is N#CC1(C#N)C(C2CC2)C(C2CC2)(C2CC2)C1(C#N)C#N. The molecule has 0 aliphatic heterocycles. The fourth-order valence-electron chi connectivity index (χ4n) is 5.56. The first-order chi connectivity index (χ1) is 10.2. The highest BCUT2D eigenvalue weighted by Gasteiger charge is 2.89. The molecule has 21 heavy (non-hydrogen) atoms. The first-order valence-electron chi connectivity index (χ1n) is 7.83. The quantitative estimate of drug-likeness (QED) is 0.791. The Morgan fingerprint density at radius 3 is 1.43 bits per heavy atom. The number of nitriles is 4. The lowest BCUT2D eigenvalue weighted by Crippen LogP contribution is -2.73. The van der Waals surface area contributed by atoms with E-state index in [-0.39, 0.29) is 11.3 Å². The van der Waals surface area contributed by atoms with E-state index in [1.807, 2.05) is 0 Å². The fourth-order valence-corrected chi connectivity index (χ4v) is 5.56. The van der Waals surface area contributed by atoms with Crippen LogP contribution in [-0.4, -0.2) is 0 Å². The predicted molar refractivity (Wildman–Crippen MR) is 71.4 cm³/mol. The maximum Gasteiger partial charge on any atom is 0.182 e. The molecule has 0 radical (unpaired) electrons. The van der Waals surface area contributed by atoms with Crippen molar-refractivity contribution in [1.82, 2.24) is 0 Å². The van der Waals surface area contributed by atoms with E-state index in [9.17, 15) is 21.0 Å². The van der Waals surface area contributed by atoms with Gasteiger partial charge in [0.05, 0.1) is 24.3 Å². The maximum atomic E-state index is 9.87. The summed E-state index contributed by atoms with van der Waals surface area (Å²) in [7, 11) is 0. The van der Waals surface area contributed by atoms with Crippen LogP contribution in [-0.2, 0) is 0 Å². The van der Waals surface area contributed by atoms with Gasteiger partial charge in [0.2, 0.25) is 0 Å². The highest BCUT2D eigenvalue weighted by molar-refractivity contribution is 5.51. The zero-order valence-corrected chi connectivity index (χ0v) is 11.8. The molecule has 0 aromatic carbocycles. The molecule has 0 aromatic rings. The normalized spacial score (nSPS) is 34.4. The molecule has 1 unspecified atom stereocenters. The van der Waals surface area contributed by atoms with Crippen LogP contribution in [0.3, 0.4) is 0 Å². The number of nitrogens with zero attached hydrogens (tertiary/aromatic N) is 4. The van der Waals surface area contributed by atoms with E-state index in [1.165, 1.54) is 0 Å². The Kier molecular flexibility index (Phi) is 2.17. The van der Waals surface area contributed by atoms with Crippen LogP contribution in [0.2, 0.25) is 0 Å². The molecule has 4 nitrogen and oxygen atoms in total. The Balaban J connectivity index is 1.97.